The Morgan fingerprint density at radius 1 is 1.08 bits per heavy atom. The van der Waals surface area contributed by atoms with Crippen LogP contribution in [-0.2, 0) is 9.84 Å². The van der Waals surface area contributed by atoms with E-state index in [4.69, 9.17) is 4.74 Å². The van der Waals surface area contributed by atoms with Gasteiger partial charge in [-0.15, -0.1) is 0 Å². The van der Waals surface area contributed by atoms with E-state index in [1.807, 2.05) is 18.2 Å². The Bertz CT molecular complexity index is 875. The first-order valence-electron chi connectivity index (χ1n) is 7.44. The standard InChI is InChI=1S/C18H17NO4S/c1-23-17-10-6-5-9-16(17)18(20)19(14-7-3-2-4-8-14)15-11-12-24(21,22)13-15/h2-12,15H,13H2,1H3/t15-/m1/s1. The van der Waals surface area contributed by atoms with Crippen molar-refractivity contribution in [1.29, 1.82) is 0 Å². The summed E-state index contributed by atoms with van der Waals surface area (Å²) >= 11 is 0. The third kappa shape index (κ3) is 3.19. The molecule has 0 N–H and O–H groups in total. The molecule has 1 atom stereocenters. The Morgan fingerprint density at radius 2 is 1.75 bits per heavy atom. The highest BCUT2D eigenvalue weighted by atomic mass is 32.2. The van der Waals surface area contributed by atoms with Crippen LogP contribution in [0.25, 0.3) is 0 Å². The summed E-state index contributed by atoms with van der Waals surface area (Å²) in [6, 6.07) is 15.4. The van der Waals surface area contributed by atoms with E-state index in [1.165, 1.54) is 17.4 Å². The van der Waals surface area contributed by atoms with Gasteiger partial charge in [0.15, 0.2) is 9.84 Å². The van der Waals surface area contributed by atoms with Crippen LogP contribution in [0.4, 0.5) is 5.69 Å². The van der Waals surface area contributed by atoms with Gasteiger partial charge in [-0.2, -0.15) is 0 Å². The lowest BCUT2D eigenvalue weighted by molar-refractivity contribution is 0.0980. The average molecular weight is 343 g/mol. The van der Waals surface area contributed by atoms with Crippen LogP contribution in [-0.4, -0.2) is 33.2 Å². The maximum absolute atomic E-state index is 13.1. The van der Waals surface area contributed by atoms with E-state index in [0.717, 1.165) is 0 Å². The molecular formula is C18H17NO4S. The van der Waals surface area contributed by atoms with Crippen LogP contribution in [0, 0.1) is 0 Å². The molecule has 1 heterocycles. The van der Waals surface area contributed by atoms with Gasteiger partial charge in [0.05, 0.1) is 24.5 Å². The quantitative estimate of drug-likeness (QED) is 0.856. The first-order chi connectivity index (χ1) is 11.5. The van der Waals surface area contributed by atoms with Crippen LogP contribution in [0.2, 0.25) is 0 Å². The highest BCUT2D eigenvalue weighted by Gasteiger charge is 2.32. The third-order valence-electron chi connectivity index (χ3n) is 3.83. The first kappa shape index (κ1) is 16.3. The van der Waals surface area contributed by atoms with Crippen molar-refractivity contribution in [3.8, 4) is 5.75 Å². The molecule has 1 aliphatic heterocycles. The minimum atomic E-state index is -3.29. The molecule has 0 fully saturated rings. The van der Waals surface area contributed by atoms with Crippen LogP contribution < -0.4 is 9.64 Å². The second-order valence-electron chi connectivity index (χ2n) is 5.44. The Morgan fingerprint density at radius 3 is 2.38 bits per heavy atom. The fourth-order valence-electron chi connectivity index (χ4n) is 2.72. The van der Waals surface area contributed by atoms with Gasteiger partial charge in [0, 0.05) is 11.1 Å². The number of nitrogens with zero attached hydrogens (tertiary/aromatic N) is 1. The maximum atomic E-state index is 13.1. The van der Waals surface area contributed by atoms with E-state index in [0.29, 0.717) is 17.0 Å². The van der Waals surface area contributed by atoms with Crippen LogP contribution in [0.3, 0.4) is 0 Å². The summed E-state index contributed by atoms with van der Waals surface area (Å²) in [5.41, 5.74) is 1.03. The largest absolute Gasteiger partial charge is 0.496 e. The average Bonchev–Trinajstić information content (AvgIpc) is 2.95. The van der Waals surface area contributed by atoms with Gasteiger partial charge in [-0.1, -0.05) is 30.3 Å². The molecule has 0 radical (unpaired) electrons. The molecule has 2 aromatic carbocycles. The number of para-hydroxylation sites is 2. The van der Waals surface area contributed by atoms with Gasteiger partial charge >= 0.3 is 0 Å². The van der Waals surface area contributed by atoms with E-state index in [9.17, 15) is 13.2 Å². The van der Waals surface area contributed by atoms with Crippen LogP contribution in [0.5, 0.6) is 5.75 Å². The molecule has 0 aliphatic carbocycles. The highest BCUT2D eigenvalue weighted by Crippen LogP contribution is 2.27. The maximum Gasteiger partial charge on any atom is 0.262 e. The molecule has 2 aromatic rings. The van der Waals surface area contributed by atoms with Gasteiger partial charge < -0.3 is 9.64 Å². The van der Waals surface area contributed by atoms with Crippen molar-refractivity contribution in [3.05, 3.63) is 71.6 Å². The van der Waals surface area contributed by atoms with Gasteiger partial charge in [0.1, 0.15) is 5.75 Å². The van der Waals surface area contributed by atoms with Crippen LogP contribution in [0.15, 0.2) is 66.1 Å². The number of benzene rings is 2. The second kappa shape index (κ2) is 6.49. The number of amides is 1. The molecule has 5 nitrogen and oxygen atoms in total. The van der Waals surface area contributed by atoms with E-state index >= 15 is 0 Å². The van der Waals surface area contributed by atoms with Crippen molar-refractivity contribution in [2.75, 3.05) is 17.8 Å². The number of carbonyl (C=O) groups is 1. The molecule has 0 saturated carbocycles. The molecule has 124 valence electrons. The normalized spacial score (nSPS) is 18.3. The summed E-state index contributed by atoms with van der Waals surface area (Å²) < 4.78 is 28.9. The predicted octanol–water partition coefficient (Wildman–Crippen LogP) is 2.65. The molecule has 6 heteroatoms. The Hall–Kier alpha value is -2.60. The van der Waals surface area contributed by atoms with Crippen molar-refractivity contribution in [2.45, 2.75) is 6.04 Å². The number of sulfone groups is 1. The monoisotopic (exact) mass is 343 g/mol. The molecular weight excluding hydrogens is 326 g/mol. The lowest BCUT2D eigenvalue weighted by atomic mass is 10.1. The molecule has 0 aromatic heterocycles. The Kier molecular flexibility index (Phi) is 4.40. The molecule has 1 amide bonds. The van der Waals surface area contributed by atoms with Crippen molar-refractivity contribution in [3.63, 3.8) is 0 Å². The van der Waals surface area contributed by atoms with Gasteiger partial charge in [-0.05, 0) is 30.3 Å². The number of hydrogen-bond acceptors (Lipinski definition) is 4. The van der Waals surface area contributed by atoms with Crippen molar-refractivity contribution in [1.82, 2.24) is 0 Å². The van der Waals surface area contributed by atoms with E-state index < -0.39 is 15.9 Å². The minimum Gasteiger partial charge on any atom is -0.496 e. The molecule has 0 unspecified atom stereocenters. The topological polar surface area (TPSA) is 63.7 Å². The van der Waals surface area contributed by atoms with E-state index in [2.05, 4.69) is 0 Å². The number of methoxy groups -OCH3 is 1. The molecule has 1 aliphatic rings. The number of ether oxygens (including phenoxy) is 1. The van der Waals surface area contributed by atoms with Gasteiger partial charge in [0.2, 0.25) is 0 Å². The number of hydrogen-bond donors (Lipinski definition) is 0. The zero-order valence-electron chi connectivity index (χ0n) is 13.1. The Balaban J connectivity index is 2.05. The lowest BCUT2D eigenvalue weighted by Gasteiger charge is -2.28. The fourth-order valence-corrected chi connectivity index (χ4v) is 3.99. The van der Waals surface area contributed by atoms with Crippen molar-refractivity contribution < 1.29 is 17.9 Å². The lowest BCUT2D eigenvalue weighted by Crippen LogP contribution is -2.41. The number of rotatable bonds is 4. The van der Waals surface area contributed by atoms with Crippen molar-refractivity contribution >= 4 is 21.4 Å². The third-order valence-corrected chi connectivity index (χ3v) is 5.21. The Labute approximate surface area is 141 Å². The second-order valence-corrected chi connectivity index (χ2v) is 7.37. The number of anilines is 1. The predicted molar refractivity (Wildman–Crippen MR) is 93.0 cm³/mol. The molecule has 0 bridgehead atoms. The van der Waals surface area contributed by atoms with Crippen molar-refractivity contribution in [2.24, 2.45) is 0 Å². The van der Waals surface area contributed by atoms with E-state index in [-0.39, 0.29) is 11.7 Å². The molecule has 3 rings (SSSR count). The summed E-state index contributed by atoms with van der Waals surface area (Å²) in [6.45, 7) is 0. The summed E-state index contributed by atoms with van der Waals surface area (Å²) in [5, 5.41) is 1.17. The minimum absolute atomic E-state index is 0.122. The fraction of sp³-hybridized carbons (Fsp3) is 0.167. The number of carbonyl (C=O) groups excluding carboxylic acids is 1. The molecule has 0 spiro atoms. The SMILES string of the molecule is COc1ccccc1C(=O)N(c1ccccc1)[C@@H]1C=CS(=O)(=O)C1. The summed E-state index contributed by atoms with van der Waals surface area (Å²) in [5.74, 6) is 0.0293. The van der Waals surface area contributed by atoms with Crippen LogP contribution in [0.1, 0.15) is 10.4 Å². The van der Waals surface area contributed by atoms with Gasteiger partial charge in [0.25, 0.3) is 5.91 Å². The highest BCUT2D eigenvalue weighted by molar-refractivity contribution is 7.94. The summed E-state index contributed by atoms with van der Waals surface area (Å²) in [4.78, 5) is 14.6. The van der Waals surface area contributed by atoms with Gasteiger partial charge in [-0.25, -0.2) is 8.42 Å². The smallest absolute Gasteiger partial charge is 0.262 e. The van der Waals surface area contributed by atoms with Crippen LogP contribution >= 0.6 is 0 Å². The zero-order valence-corrected chi connectivity index (χ0v) is 13.9. The zero-order chi connectivity index (χ0) is 17.2. The first-order valence-corrected chi connectivity index (χ1v) is 9.16. The van der Waals surface area contributed by atoms with Gasteiger partial charge in [-0.3, -0.25) is 4.79 Å². The van der Waals surface area contributed by atoms with E-state index in [1.54, 1.807) is 42.5 Å². The summed E-state index contributed by atoms with van der Waals surface area (Å²) in [6.07, 6.45) is 1.55. The molecule has 0 saturated heterocycles. The summed E-state index contributed by atoms with van der Waals surface area (Å²) in [7, 11) is -1.79. The molecule has 24 heavy (non-hydrogen) atoms.